The van der Waals surface area contributed by atoms with Gasteiger partial charge in [-0.25, -0.2) is 0 Å². The highest BCUT2D eigenvalue weighted by Crippen LogP contribution is 2.36. The van der Waals surface area contributed by atoms with E-state index in [0.717, 1.165) is 29.2 Å². The summed E-state index contributed by atoms with van der Waals surface area (Å²) in [5.74, 6) is 1.74. The average molecular weight is 270 g/mol. The largest absolute Gasteiger partial charge is 0.367 e. The second kappa shape index (κ2) is 5.31. The molecule has 1 heterocycles. The summed E-state index contributed by atoms with van der Waals surface area (Å²) in [4.78, 5) is 0. The maximum absolute atomic E-state index is 5.98. The van der Waals surface area contributed by atoms with Gasteiger partial charge in [0.15, 0.2) is 0 Å². The summed E-state index contributed by atoms with van der Waals surface area (Å²) in [6.07, 6.45) is 4.94. The van der Waals surface area contributed by atoms with E-state index in [-0.39, 0.29) is 0 Å². The van der Waals surface area contributed by atoms with Gasteiger partial charge in [-0.05, 0) is 29.4 Å². The van der Waals surface area contributed by atoms with Crippen LogP contribution in [-0.4, -0.2) is 5.16 Å². The summed E-state index contributed by atoms with van der Waals surface area (Å²) < 4.78 is 5.23. The fourth-order valence-electron chi connectivity index (χ4n) is 2.79. The van der Waals surface area contributed by atoms with E-state index >= 15 is 0 Å². The number of aromatic nitrogens is 1. The molecule has 1 aliphatic carbocycles. The van der Waals surface area contributed by atoms with E-state index in [2.05, 4.69) is 43.3 Å². The maximum Gasteiger partial charge on any atom is 0.230 e. The predicted molar refractivity (Wildman–Crippen MR) is 81.5 cm³/mol. The molecule has 0 spiro atoms. The Labute approximate surface area is 120 Å². The van der Waals surface area contributed by atoms with Crippen molar-refractivity contribution in [2.24, 2.45) is 5.92 Å². The highest BCUT2D eigenvalue weighted by molar-refractivity contribution is 5.75. The molecule has 0 saturated heterocycles. The molecule has 0 unspecified atom stereocenters. The second-order valence-corrected chi connectivity index (χ2v) is 6.15. The van der Waals surface area contributed by atoms with Crippen LogP contribution in [0.5, 0.6) is 0 Å². The normalized spacial score (nSPS) is 15.6. The van der Waals surface area contributed by atoms with E-state index < -0.39 is 0 Å². The number of nitrogens with two attached hydrogens (primary N) is 1. The van der Waals surface area contributed by atoms with Crippen molar-refractivity contribution in [3.8, 4) is 11.1 Å². The number of hydrogen-bond donors (Lipinski definition) is 1. The molecule has 3 heteroatoms. The van der Waals surface area contributed by atoms with Crippen molar-refractivity contribution in [3.05, 3.63) is 35.5 Å². The van der Waals surface area contributed by atoms with E-state index in [0.29, 0.717) is 11.8 Å². The van der Waals surface area contributed by atoms with Gasteiger partial charge in [-0.1, -0.05) is 62.5 Å². The standard InChI is InChI=1S/C17H22N2O/c1-11(2)13-6-8-14(9-7-13)16-15(19-20-17(16)18)10-12-4-3-5-12/h6-9,11-12H,3-5,10,18H2,1-2H3. The predicted octanol–water partition coefficient (Wildman–Crippen LogP) is 4.39. The Morgan fingerprint density at radius 3 is 2.50 bits per heavy atom. The minimum atomic E-state index is 0.441. The van der Waals surface area contributed by atoms with Gasteiger partial charge in [0, 0.05) is 0 Å². The first kappa shape index (κ1) is 13.2. The van der Waals surface area contributed by atoms with Crippen molar-refractivity contribution in [3.63, 3.8) is 0 Å². The third-order valence-corrected chi connectivity index (χ3v) is 4.36. The molecule has 0 amide bonds. The lowest BCUT2D eigenvalue weighted by Crippen LogP contribution is -2.14. The quantitative estimate of drug-likeness (QED) is 0.896. The number of hydrogen-bond acceptors (Lipinski definition) is 3. The lowest BCUT2D eigenvalue weighted by atomic mass is 9.81. The molecular formula is C17H22N2O. The van der Waals surface area contributed by atoms with Gasteiger partial charge >= 0.3 is 0 Å². The number of nitrogen functional groups attached to an aromatic ring is 1. The fraction of sp³-hybridized carbons (Fsp3) is 0.471. The zero-order valence-electron chi connectivity index (χ0n) is 12.2. The molecule has 1 aromatic carbocycles. The van der Waals surface area contributed by atoms with Crippen molar-refractivity contribution in [2.45, 2.75) is 45.4 Å². The first-order valence-corrected chi connectivity index (χ1v) is 7.49. The molecule has 0 radical (unpaired) electrons. The van der Waals surface area contributed by atoms with E-state index in [1.165, 1.54) is 24.8 Å². The van der Waals surface area contributed by atoms with E-state index in [4.69, 9.17) is 10.3 Å². The molecule has 2 N–H and O–H groups in total. The average Bonchev–Trinajstić information content (AvgIpc) is 2.75. The van der Waals surface area contributed by atoms with Crippen LogP contribution in [0, 0.1) is 5.92 Å². The van der Waals surface area contributed by atoms with Crippen LogP contribution < -0.4 is 5.73 Å². The lowest BCUT2D eigenvalue weighted by Gasteiger charge is -2.24. The Hall–Kier alpha value is -1.77. The molecular weight excluding hydrogens is 248 g/mol. The minimum Gasteiger partial charge on any atom is -0.367 e. The van der Waals surface area contributed by atoms with E-state index in [1.807, 2.05) is 0 Å². The van der Waals surface area contributed by atoms with Gasteiger partial charge in [-0.3, -0.25) is 0 Å². The van der Waals surface area contributed by atoms with Crippen molar-refractivity contribution in [2.75, 3.05) is 5.73 Å². The molecule has 1 fully saturated rings. The monoisotopic (exact) mass is 270 g/mol. The van der Waals surface area contributed by atoms with Gasteiger partial charge in [-0.15, -0.1) is 0 Å². The number of anilines is 1. The summed E-state index contributed by atoms with van der Waals surface area (Å²) >= 11 is 0. The van der Waals surface area contributed by atoms with Crippen LogP contribution >= 0.6 is 0 Å². The van der Waals surface area contributed by atoms with Crippen LogP contribution in [0.25, 0.3) is 11.1 Å². The van der Waals surface area contributed by atoms with Gasteiger partial charge in [0.1, 0.15) is 0 Å². The number of rotatable bonds is 4. The highest BCUT2D eigenvalue weighted by Gasteiger charge is 2.23. The van der Waals surface area contributed by atoms with E-state index in [9.17, 15) is 0 Å². The molecule has 1 aromatic heterocycles. The Morgan fingerprint density at radius 2 is 1.95 bits per heavy atom. The van der Waals surface area contributed by atoms with Gasteiger partial charge < -0.3 is 10.3 Å². The SMILES string of the molecule is CC(C)c1ccc(-c2c(CC3CCC3)noc2N)cc1. The Balaban J connectivity index is 1.89. The van der Waals surface area contributed by atoms with Gasteiger partial charge in [0.25, 0.3) is 0 Å². The van der Waals surface area contributed by atoms with Gasteiger partial charge in [0.2, 0.25) is 5.88 Å². The third kappa shape index (κ3) is 2.45. The van der Waals surface area contributed by atoms with Crippen LogP contribution in [0.3, 0.4) is 0 Å². The van der Waals surface area contributed by atoms with Crippen LogP contribution in [-0.2, 0) is 6.42 Å². The highest BCUT2D eigenvalue weighted by atomic mass is 16.5. The van der Waals surface area contributed by atoms with Crippen molar-refractivity contribution in [1.29, 1.82) is 0 Å². The Kier molecular flexibility index (Phi) is 3.51. The van der Waals surface area contributed by atoms with Crippen LogP contribution in [0.2, 0.25) is 0 Å². The topological polar surface area (TPSA) is 52.0 Å². The maximum atomic E-state index is 5.98. The molecule has 106 valence electrons. The summed E-state index contributed by atoms with van der Waals surface area (Å²) in [5.41, 5.74) is 10.4. The van der Waals surface area contributed by atoms with Crippen molar-refractivity contribution >= 4 is 5.88 Å². The third-order valence-electron chi connectivity index (χ3n) is 4.36. The summed E-state index contributed by atoms with van der Waals surface area (Å²) in [7, 11) is 0. The molecule has 2 aromatic rings. The van der Waals surface area contributed by atoms with Crippen LogP contribution in [0.15, 0.2) is 28.8 Å². The molecule has 20 heavy (non-hydrogen) atoms. The molecule has 0 aliphatic heterocycles. The smallest absolute Gasteiger partial charge is 0.230 e. The molecule has 1 aliphatic rings. The van der Waals surface area contributed by atoms with Gasteiger partial charge in [0.05, 0.1) is 11.3 Å². The number of nitrogens with zero attached hydrogens (tertiary/aromatic N) is 1. The molecule has 0 bridgehead atoms. The Morgan fingerprint density at radius 1 is 1.25 bits per heavy atom. The Bertz CT molecular complexity index is 580. The number of benzene rings is 1. The van der Waals surface area contributed by atoms with E-state index in [1.54, 1.807) is 0 Å². The first-order chi connectivity index (χ1) is 9.65. The molecule has 3 nitrogen and oxygen atoms in total. The van der Waals surface area contributed by atoms with Gasteiger partial charge in [-0.2, -0.15) is 0 Å². The zero-order chi connectivity index (χ0) is 14.1. The fourth-order valence-corrected chi connectivity index (χ4v) is 2.79. The zero-order valence-corrected chi connectivity index (χ0v) is 12.2. The van der Waals surface area contributed by atoms with Crippen molar-refractivity contribution in [1.82, 2.24) is 5.16 Å². The second-order valence-electron chi connectivity index (χ2n) is 6.15. The molecule has 3 rings (SSSR count). The summed E-state index contributed by atoms with van der Waals surface area (Å²) in [5, 5.41) is 4.17. The molecule has 0 atom stereocenters. The summed E-state index contributed by atoms with van der Waals surface area (Å²) in [6, 6.07) is 8.59. The van der Waals surface area contributed by atoms with Crippen LogP contribution in [0.4, 0.5) is 5.88 Å². The summed E-state index contributed by atoms with van der Waals surface area (Å²) in [6.45, 7) is 4.40. The first-order valence-electron chi connectivity index (χ1n) is 7.49. The molecule has 1 saturated carbocycles. The van der Waals surface area contributed by atoms with Crippen molar-refractivity contribution < 1.29 is 4.52 Å². The van der Waals surface area contributed by atoms with Crippen LogP contribution in [0.1, 0.15) is 50.3 Å². The minimum absolute atomic E-state index is 0.441. The lowest BCUT2D eigenvalue weighted by molar-refractivity contribution is 0.306.